The van der Waals surface area contributed by atoms with Crippen LogP contribution in [0.25, 0.3) is 0 Å². The van der Waals surface area contributed by atoms with E-state index in [-0.39, 0.29) is 0 Å². The summed E-state index contributed by atoms with van der Waals surface area (Å²) < 4.78 is 35.8. The van der Waals surface area contributed by atoms with Gasteiger partial charge in [-0.1, -0.05) is 74.9 Å². The average molecular weight is 340 g/mol. The van der Waals surface area contributed by atoms with Gasteiger partial charge in [0.15, 0.2) is 0 Å². The van der Waals surface area contributed by atoms with Gasteiger partial charge in [-0.25, -0.2) is 4.18 Å². The van der Waals surface area contributed by atoms with E-state index >= 15 is 0 Å². The molecule has 4 nitrogen and oxygen atoms in total. The molecule has 1 aromatic rings. The second-order valence-electron chi connectivity index (χ2n) is 5.76. The summed E-state index contributed by atoms with van der Waals surface area (Å²) in [4.78, 5) is 0. The van der Waals surface area contributed by atoms with Crippen LogP contribution in [0.4, 0.5) is 0 Å². The lowest BCUT2D eigenvalue weighted by Gasteiger charge is -2.15. The number of hydrogen-bond donors (Lipinski definition) is 1. The summed E-state index contributed by atoms with van der Waals surface area (Å²) >= 11 is 0. The maximum absolute atomic E-state index is 11.0. The Morgan fingerprint density at radius 2 is 1.57 bits per heavy atom. The molecule has 0 saturated heterocycles. The molecule has 0 heterocycles. The van der Waals surface area contributed by atoms with Crippen molar-refractivity contribution in [3.63, 3.8) is 0 Å². The minimum Gasteiger partial charge on any atom is -0.264 e. The van der Waals surface area contributed by atoms with E-state index in [4.69, 9.17) is 8.74 Å². The Morgan fingerprint density at radius 1 is 1.00 bits per heavy atom. The van der Waals surface area contributed by atoms with Gasteiger partial charge in [0.2, 0.25) is 0 Å². The van der Waals surface area contributed by atoms with E-state index < -0.39 is 16.5 Å². The molecule has 0 fully saturated rings. The number of allylic oxidation sites excluding steroid dienone is 1. The second kappa shape index (κ2) is 11.4. The molecule has 0 bridgehead atoms. The van der Waals surface area contributed by atoms with E-state index in [2.05, 4.69) is 6.58 Å². The molecule has 0 amide bonds. The van der Waals surface area contributed by atoms with E-state index in [0.717, 1.165) is 31.2 Å². The topological polar surface area (TPSA) is 63.6 Å². The van der Waals surface area contributed by atoms with E-state index in [1.807, 2.05) is 36.4 Å². The van der Waals surface area contributed by atoms with Crippen LogP contribution in [0.5, 0.6) is 0 Å². The van der Waals surface area contributed by atoms with Crippen molar-refractivity contribution in [3.8, 4) is 0 Å². The van der Waals surface area contributed by atoms with Gasteiger partial charge in [-0.3, -0.25) is 4.55 Å². The van der Waals surface area contributed by atoms with Gasteiger partial charge >= 0.3 is 10.4 Å². The molecule has 0 radical (unpaired) electrons. The zero-order chi connectivity index (χ0) is 17.0. The normalized spacial score (nSPS) is 12.9. The van der Waals surface area contributed by atoms with Gasteiger partial charge in [-0.2, -0.15) is 8.42 Å². The average Bonchev–Trinajstić information content (AvgIpc) is 2.52. The number of unbranched alkanes of at least 4 members (excludes halogenated alkanes) is 7. The van der Waals surface area contributed by atoms with Crippen molar-refractivity contribution < 1.29 is 17.2 Å². The first kappa shape index (κ1) is 19.9. The molecule has 0 saturated carbocycles. The van der Waals surface area contributed by atoms with Crippen LogP contribution in [0.15, 0.2) is 43.0 Å². The Bertz CT molecular complexity index is 525. The van der Waals surface area contributed by atoms with Crippen LogP contribution < -0.4 is 0 Å². The van der Waals surface area contributed by atoms with Crippen LogP contribution in [-0.4, -0.2) is 13.0 Å². The summed E-state index contributed by atoms with van der Waals surface area (Å²) in [6.07, 6.45) is 11.0. The molecular weight excluding hydrogens is 312 g/mol. The highest BCUT2D eigenvalue weighted by atomic mass is 32.3. The molecule has 1 aromatic carbocycles. The van der Waals surface area contributed by atoms with Gasteiger partial charge in [0.05, 0.1) is 0 Å². The van der Waals surface area contributed by atoms with Gasteiger partial charge in [-0.05, 0) is 24.8 Å². The summed E-state index contributed by atoms with van der Waals surface area (Å²) in [5.41, 5.74) is 0.773. The third-order valence-corrected chi connectivity index (χ3v) is 4.26. The second-order valence-corrected chi connectivity index (χ2v) is 6.81. The minimum absolute atomic E-state index is 0.584. The fraction of sp³-hybridized carbons (Fsp3) is 0.556. The molecule has 130 valence electrons. The van der Waals surface area contributed by atoms with E-state index in [0.29, 0.717) is 6.42 Å². The van der Waals surface area contributed by atoms with Crippen LogP contribution >= 0.6 is 0 Å². The minimum atomic E-state index is -4.44. The highest BCUT2D eigenvalue weighted by Crippen LogP contribution is 2.25. The van der Waals surface area contributed by atoms with E-state index in [1.54, 1.807) is 0 Å². The van der Waals surface area contributed by atoms with Gasteiger partial charge in [-0.15, -0.1) is 6.58 Å². The molecule has 5 heteroatoms. The Labute approximate surface area is 140 Å². The summed E-state index contributed by atoms with van der Waals surface area (Å²) in [6.45, 7) is 3.71. The zero-order valence-electron chi connectivity index (χ0n) is 13.7. The van der Waals surface area contributed by atoms with Crippen molar-refractivity contribution in [1.82, 2.24) is 0 Å². The lowest BCUT2D eigenvalue weighted by atomic mass is 10.0. The molecule has 1 rings (SSSR count). The maximum atomic E-state index is 11.0. The fourth-order valence-corrected chi connectivity index (χ4v) is 3.09. The molecule has 0 aliphatic rings. The van der Waals surface area contributed by atoms with Gasteiger partial charge in [0, 0.05) is 0 Å². The lowest BCUT2D eigenvalue weighted by molar-refractivity contribution is 0.171. The van der Waals surface area contributed by atoms with E-state index in [1.165, 1.54) is 25.7 Å². The van der Waals surface area contributed by atoms with Gasteiger partial charge in [0.1, 0.15) is 6.10 Å². The van der Waals surface area contributed by atoms with Crippen molar-refractivity contribution in [1.29, 1.82) is 0 Å². The monoisotopic (exact) mass is 340 g/mol. The van der Waals surface area contributed by atoms with Crippen molar-refractivity contribution in [3.05, 3.63) is 48.6 Å². The van der Waals surface area contributed by atoms with Crippen LogP contribution in [0.3, 0.4) is 0 Å². The van der Waals surface area contributed by atoms with Crippen molar-refractivity contribution in [2.45, 2.75) is 63.9 Å². The zero-order valence-corrected chi connectivity index (χ0v) is 14.5. The highest BCUT2D eigenvalue weighted by molar-refractivity contribution is 7.80. The quantitative estimate of drug-likeness (QED) is 0.303. The summed E-state index contributed by atoms with van der Waals surface area (Å²) in [5.74, 6) is 0. The first-order chi connectivity index (χ1) is 11.0. The Morgan fingerprint density at radius 3 is 2.13 bits per heavy atom. The smallest absolute Gasteiger partial charge is 0.264 e. The standard InChI is InChI=1S/C18H28O4S/c1-2-3-4-5-6-7-8-9-13-16-18(22-23(19,20)21)17-14-11-10-12-15-17/h2,10-12,14-15,18H,1,3-9,13,16H2,(H,19,20,21). The molecule has 0 aliphatic heterocycles. The van der Waals surface area contributed by atoms with E-state index in [9.17, 15) is 8.42 Å². The molecule has 23 heavy (non-hydrogen) atoms. The third kappa shape index (κ3) is 10.3. The summed E-state index contributed by atoms with van der Waals surface area (Å²) in [6, 6.07) is 9.16. The first-order valence-corrected chi connectivity index (χ1v) is 9.71. The van der Waals surface area contributed by atoms with Crippen molar-refractivity contribution >= 4 is 10.4 Å². The number of hydrogen-bond acceptors (Lipinski definition) is 3. The molecule has 0 aliphatic carbocycles. The van der Waals surface area contributed by atoms with Crippen molar-refractivity contribution in [2.24, 2.45) is 0 Å². The Hall–Kier alpha value is -1.17. The molecule has 0 aromatic heterocycles. The van der Waals surface area contributed by atoms with Crippen LogP contribution in [0, 0.1) is 0 Å². The Kier molecular flexibility index (Phi) is 9.83. The van der Waals surface area contributed by atoms with Crippen LogP contribution in [0.1, 0.15) is 69.5 Å². The fourth-order valence-electron chi connectivity index (χ4n) is 2.59. The van der Waals surface area contributed by atoms with Crippen molar-refractivity contribution in [2.75, 3.05) is 0 Å². The molecule has 1 unspecified atom stereocenters. The highest BCUT2D eigenvalue weighted by Gasteiger charge is 2.18. The molecule has 0 spiro atoms. The summed E-state index contributed by atoms with van der Waals surface area (Å²) in [5, 5.41) is 0. The third-order valence-electron chi connectivity index (χ3n) is 3.78. The first-order valence-electron chi connectivity index (χ1n) is 8.34. The largest absolute Gasteiger partial charge is 0.397 e. The molecule has 1 atom stereocenters. The number of rotatable bonds is 13. The summed E-state index contributed by atoms with van der Waals surface area (Å²) in [7, 11) is -4.44. The van der Waals surface area contributed by atoms with Crippen LogP contribution in [0.2, 0.25) is 0 Å². The predicted octanol–water partition coefficient (Wildman–Crippen LogP) is 5.24. The molecule has 1 N–H and O–H groups in total. The Balaban J connectivity index is 2.28. The van der Waals surface area contributed by atoms with Gasteiger partial charge in [0.25, 0.3) is 0 Å². The number of benzene rings is 1. The molecular formula is C18H28O4S. The SMILES string of the molecule is C=CCCCCCCCCCC(OS(=O)(=O)O)c1ccccc1. The van der Waals surface area contributed by atoms with Gasteiger partial charge < -0.3 is 0 Å². The lowest BCUT2D eigenvalue weighted by Crippen LogP contribution is -2.11. The maximum Gasteiger partial charge on any atom is 0.397 e. The van der Waals surface area contributed by atoms with Crippen LogP contribution in [-0.2, 0) is 14.6 Å². The predicted molar refractivity (Wildman–Crippen MR) is 93.6 cm³/mol.